The molecule has 0 fully saturated rings. The molecule has 0 aromatic heterocycles. The van der Waals surface area contributed by atoms with Crippen LogP contribution in [0.25, 0.3) is 0 Å². The number of amides is 3. The minimum absolute atomic E-state index is 0.209. The number of ether oxygens (including phenoxy) is 4. The SMILES string of the molecule is CCCC(C(=O)NC=O)N(C)Cc1c(C=O)cccc1NC(=O)CCNCCOCCOCCOCCOCCNC.Nc1ccc(C=O)cc1. The number of nitrogens with zero attached hydrogens (tertiary/aromatic N) is 1. The number of nitrogens with one attached hydrogen (secondary N) is 4. The molecular weight excluding hydrogens is 660 g/mol. The van der Waals surface area contributed by atoms with Gasteiger partial charge in [0, 0.05) is 60.7 Å². The second-order valence-corrected chi connectivity index (χ2v) is 11.2. The second-order valence-electron chi connectivity index (χ2n) is 11.2. The van der Waals surface area contributed by atoms with E-state index in [2.05, 4.69) is 21.3 Å². The van der Waals surface area contributed by atoms with Gasteiger partial charge in [-0.05, 0) is 50.8 Å². The van der Waals surface area contributed by atoms with E-state index in [0.717, 1.165) is 25.5 Å². The van der Waals surface area contributed by atoms with Gasteiger partial charge in [0.25, 0.3) is 0 Å². The fraction of sp³-hybridized carbons (Fsp3) is 0.528. The zero-order valence-corrected chi connectivity index (χ0v) is 30.2. The molecule has 0 bridgehead atoms. The van der Waals surface area contributed by atoms with Gasteiger partial charge < -0.3 is 40.6 Å². The molecule has 0 heterocycles. The van der Waals surface area contributed by atoms with Crippen molar-refractivity contribution in [1.82, 2.24) is 20.9 Å². The molecule has 0 radical (unpaired) electrons. The van der Waals surface area contributed by atoms with Crippen LogP contribution in [0.3, 0.4) is 0 Å². The Morgan fingerprint density at radius 1 is 0.824 bits per heavy atom. The number of benzene rings is 2. The third kappa shape index (κ3) is 21.0. The zero-order valence-electron chi connectivity index (χ0n) is 30.2. The average molecular weight is 717 g/mol. The summed E-state index contributed by atoms with van der Waals surface area (Å²) in [6, 6.07) is 11.3. The Balaban J connectivity index is 0.00000124. The first-order chi connectivity index (χ1) is 24.8. The van der Waals surface area contributed by atoms with Crippen molar-refractivity contribution in [3.63, 3.8) is 0 Å². The number of rotatable bonds is 28. The van der Waals surface area contributed by atoms with E-state index in [1.807, 2.05) is 14.0 Å². The van der Waals surface area contributed by atoms with E-state index in [1.165, 1.54) is 0 Å². The van der Waals surface area contributed by atoms with Crippen LogP contribution in [-0.2, 0) is 39.9 Å². The number of anilines is 2. The Hall–Kier alpha value is -4.09. The number of aldehydes is 2. The van der Waals surface area contributed by atoms with Gasteiger partial charge in [0.15, 0.2) is 0 Å². The molecule has 0 saturated carbocycles. The molecule has 0 aliphatic rings. The fourth-order valence-corrected chi connectivity index (χ4v) is 4.54. The predicted octanol–water partition coefficient (Wildman–Crippen LogP) is 1.66. The topological polar surface area (TPSA) is 200 Å². The van der Waals surface area contributed by atoms with E-state index in [0.29, 0.717) is 107 Å². The Morgan fingerprint density at radius 2 is 1.43 bits per heavy atom. The predicted molar refractivity (Wildman–Crippen MR) is 196 cm³/mol. The van der Waals surface area contributed by atoms with Gasteiger partial charge >= 0.3 is 0 Å². The van der Waals surface area contributed by atoms with Crippen molar-refractivity contribution >= 4 is 42.2 Å². The molecule has 2 aromatic rings. The number of hydrogen-bond acceptors (Lipinski definition) is 13. The Morgan fingerprint density at radius 3 is 1.98 bits per heavy atom. The van der Waals surface area contributed by atoms with Gasteiger partial charge in [0.2, 0.25) is 18.2 Å². The number of nitrogens with two attached hydrogens (primary N) is 1. The second kappa shape index (κ2) is 29.6. The monoisotopic (exact) mass is 716 g/mol. The van der Waals surface area contributed by atoms with Crippen LogP contribution in [0.15, 0.2) is 42.5 Å². The summed E-state index contributed by atoms with van der Waals surface area (Å²) in [4.78, 5) is 59.3. The average Bonchev–Trinajstić information content (AvgIpc) is 3.13. The van der Waals surface area contributed by atoms with Crippen LogP contribution in [0.2, 0.25) is 0 Å². The first-order valence-electron chi connectivity index (χ1n) is 17.1. The van der Waals surface area contributed by atoms with Crippen LogP contribution < -0.4 is 27.0 Å². The zero-order chi connectivity index (χ0) is 37.5. The highest BCUT2D eigenvalue weighted by Gasteiger charge is 2.24. The number of carbonyl (C=O) groups is 5. The fourth-order valence-electron chi connectivity index (χ4n) is 4.54. The largest absolute Gasteiger partial charge is 0.399 e. The Kier molecular flexibility index (Phi) is 26.1. The standard InChI is InChI=1S/C29H49N5O8.C7H7NO/c1-4-6-27(29(38)32-23-36)34(3)21-25-24(22-35)7-5-8-26(25)33-28(37)9-10-31-12-14-40-16-18-42-20-19-41-17-15-39-13-11-30-2;8-7-3-1-6(5-9)2-4-7/h5,7-8,22-23,27,30-31H,4,6,9-21H2,1-3H3,(H,33,37)(H,32,36,38);1-5H,8H2. The maximum absolute atomic E-state index is 12.6. The molecular formula is C36H56N6O9. The first kappa shape index (κ1) is 44.9. The van der Waals surface area contributed by atoms with E-state index in [1.54, 1.807) is 54.4 Å². The number of imide groups is 1. The molecule has 2 aromatic carbocycles. The van der Waals surface area contributed by atoms with E-state index >= 15 is 0 Å². The number of likely N-dealkylation sites (N-methyl/N-ethyl adjacent to an activating group) is 2. The van der Waals surface area contributed by atoms with E-state index < -0.39 is 11.9 Å². The van der Waals surface area contributed by atoms with Crippen molar-refractivity contribution in [2.75, 3.05) is 97.6 Å². The molecule has 284 valence electrons. The molecule has 6 N–H and O–H groups in total. The van der Waals surface area contributed by atoms with Gasteiger partial charge in [0.1, 0.15) is 12.6 Å². The minimum Gasteiger partial charge on any atom is -0.399 e. The molecule has 0 spiro atoms. The minimum atomic E-state index is -0.556. The van der Waals surface area contributed by atoms with Gasteiger partial charge in [-0.3, -0.25) is 34.2 Å². The lowest BCUT2D eigenvalue weighted by Crippen LogP contribution is -2.44. The molecule has 51 heavy (non-hydrogen) atoms. The van der Waals surface area contributed by atoms with Gasteiger partial charge in [-0.25, -0.2) is 0 Å². The van der Waals surface area contributed by atoms with Crippen LogP contribution in [0.4, 0.5) is 11.4 Å². The summed E-state index contributed by atoms with van der Waals surface area (Å²) in [6.45, 7) is 8.25. The Labute approximate surface area is 301 Å². The van der Waals surface area contributed by atoms with Crippen molar-refractivity contribution < 1.29 is 42.9 Å². The maximum atomic E-state index is 12.6. The van der Waals surface area contributed by atoms with Crippen LogP contribution in [0.1, 0.15) is 52.5 Å². The molecule has 1 atom stereocenters. The van der Waals surface area contributed by atoms with Gasteiger partial charge in [-0.15, -0.1) is 0 Å². The number of nitrogen functional groups attached to an aromatic ring is 1. The number of carbonyl (C=O) groups excluding carboxylic acids is 5. The lowest BCUT2D eigenvalue weighted by molar-refractivity contribution is -0.129. The lowest BCUT2D eigenvalue weighted by Gasteiger charge is -2.27. The van der Waals surface area contributed by atoms with Crippen LogP contribution in [0, 0.1) is 0 Å². The van der Waals surface area contributed by atoms with Gasteiger partial charge in [-0.1, -0.05) is 25.5 Å². The summed E-state index contributed by atoms with van der Waals surface area (Å²) in [5.41, 5.74) is 8.24. The van der Waals surface area contributed by atoms with Crippen LogP contribution >= 0.6 is 0 Å². The van der Waals surface area contributed by atoms with E-state index in [4.69, 9.17) is 24.7 Å². The van der Waals surface area contributed by atoms with Crippen molar-refractivity contribution in [3.8, 4) is 0 Å². The summed E-state index contributed by atoms with van der Waals surface area (Å²) < 4.78 is 21.8. The van der Waals surface area contributed by atoms with E-state index in [9.17, 15) is 24.0 Å². The summed E-state index contributed by atoms with van der Waals surface area (Å²) in [5.74, 6) is -0.617. The molecule has 15 heteroatoms. The van der Waals surface area contributed by atoms with Crippen LogP contribution in [0.5, 0.6) is 0 Å². The van der Waals surface area contributed by atoms with Gasteiger partial charge in [0.05, 0.1) is 58.9 Å². The Bertz CT molecular complexity index is 1270. The molecule has 15 nitrogen and oxygen atoms in total. The summed E-state index contributed by atoms with van der Waals surface area (Å²) in [6.07, 6.45) is 3.37. The summed E-state index contributed by atoms with van der Waals surface area (Å²) in [7, 11) is 3.63. The van der Waals surface area contributed by atoms with Crippen LogP contribution in [-0.4, -0.2) is 128 Å². The molecule has 0 aliphatic carbocycles. The molecule has 3 amide bonds. The normalized spacial score (nSPS) is 11.3. The lowest BCUT2D eigenvalue weighted by atomic mass is 10.0. The molecule has 2 rings (SSSR count). The highest BCUT2D eigenvalue weighted by atomic mass is 16.6. The quantitative estimate of drug-likeness (QED) is 0.0485. The number of hydrogen-bond donors (Lipinski definition) is 5. The van der Waals surface area contributed by atoms with Crippen molar-refractivity contribution in [2.24, 2.45) is 0 Å². The third-order valence-corrected chi connectivity index (χ3v) is 7.26. The smallest absolute Gasteiger partial charge is 0.243 e. The molecule has 0 saturated heterocycles. The summed E-state index contributed by atoms with van der Waals surface area (Å²) >= 11 is 0. The first-order valence-corrected chi connectivity index (χ1v) is 17.1. The van der Waals surface area contributed by atoms with Crippen molar-refractivity contribution in [2.45, 2.75) is 38.8 Å². The third-order valence-electron chi connectivity index (χ3n) is 7.26. The summed E-state index contributed by atoms with van der Waals surface area (Å²) in [5, 5.41) is 11.3. The maximum Gasteiger partial charge on any atom is 0.243 e. The molecule has 0 aliphatic heterocycles. The highest BCUT2D eigenvalue weighted by Crippen LogP contribution is 2.23. The highest BCUT2D eigenvalue weighted by molar-refractivity contribution is 5.93. The van der Waals surface area contributed by atoms with Gasteiger partial charge in [-0.2, -0.15) is 0 Å². The van der Waals surface area contributed by atoms with Crippen molar-refractivity contribution in [3.05, 3.63) is 59.2 Å². The van der Waals surface area contributed by atoms with E-state index in [-0.39, 0.29) is 18.9 Å². The van der Waals surface area contributed by atoms with Crippen molar-refractivity contribution in [1.29, 1.82) is 0 Å². The molecule has 1 unspecified atom stereocenters.